The first-order chi connectivity index (χ1) is 18.5. The first-order valence-electron chi connectivity index (χ1n) is 13.3. The molecule has 0 spiro atoms. The van der Waals surface area contributed by atoms with Gasteiger partial charge >= 0.3 is 0 Å². The number of methoxy groups -OCH3 is 2. The van der Waals surface area contributed by atoms with Crippen molar-refractivity contribution < 1.29 is 19.1 Å². The number of rotatable bonds is 6. The molecule has 2 aliphatic heterocycles. The summed E-state index contributed by atoms with van der Waals surface area (Å²) in [5, 5.41) is 6.74. The van der Waals surface area contributed by atoms with Gasteiger partial charge < -0.3 is 14.4 Å². The molecule has 1 saturated heterocycles. The molecule has 2 aromatic rings. The van der Waals surface area contributed by atoms with Crippen LogP contribution >= 0.6 is 0 Å². The van der Waals surface area contributed by atoms with Gasteiger partial charge in [-0.2, -0.15) is 5.10 Å². The van der Waals surface area contributed by atoms with E-state index in [9.17, 15) is 9.59 Å². The van der Waals surface area contributed by atoms with Gasteiger partial charge in [-0.3, -0.25) is 14.5 Å². The standard InChI is InChI=1S/C30H36N4O4/c1-21(35)33-17-15-32(16-18-33)20-28(36)34-30(23-9-13-26(38-3)14-10-23)27-6-4-5-24(29(27)31-34)19-22-7-11-25(37-2)12-8-22/h7-14,19,27,30H,4-6,15-18,20H2,1-3H3/b24-19+/t27-,30+/m0/s1. The topological polar surface area (TPSA) is 74.7 Å². The summed E-state index contributed by atoms with van der Waals surface area (Å²) < 4.78 is 10.7. The molecule has 0 N–H and O–H groups in total. The number of amides is 2. The molecule has 2 aromatic carbocycles. The van der Waals surface area contributed by atoms with Crippen LogP contribution in [0.1, 0.15) is 43.4 Å². The normalized spacial score (nSPS) is 22.7. The quantitative estimate of drug-likeness (QED) is 0.581. The van der Waals surface area contributed by atoms with Gasteiger partial charge in [0.25, 0.3) is 5.91 Å². The summed E-state index contributed by atoms with van der Waals surface area (Å²) in [7, 11) is 3.32. The van der Waals surface area contributed by atoms with Crippen molar-refractivity contribution in [2.45, 2.75) is 32.2 Å². The molecule has 8 nitrogen and oxygen atoms in total. The third-order valence-electron chi connectivity index (χ3n) is 7.85. The molecule has 38 heavy (non-hydrogen) atoms. The van der Waals surface area contributed by atoms with Gasteiger partial charge in [-0.05, 0) is 66.3 Å². The summed E-state index contributed by atoms with van der Waals surface area (Å²) in [5.41, 5.74) is 4.37. The van der Waals surface area contributed by atoms with Crippen LogP contribution in [0.5, 0.6) is 11.5 Å². The van der Waals surface area contributed by atoms with Crippen LogP contribution in [0.4, 0.5) is 0 Å². The van der Waals surface area contributed by atoms with E-state index >= 15 is 0 Å². The van der Waals surface area contributed by atoms with Gasteiger partial charge in [0.15, 0.2) is 0 Å². The highest BCUT2D eigenvalue weighted by molar-refractivity contribution is 6.08. The van der Waals surface area contributed by atoms with Gasteiger partial charge in [-0.1, -0.05) is 24.3 Å². The average Bonchev–Trinajstić information content (AvgIpc) is 3.35. The SMILES string of the molecule is COc1ccc(/C=C2\CCC[C@H]3C2=NN(C(=O)CN2CCN(C(C)=O)CC2)[C@@H]3c2ccc(OC)cc2)cc1. The minimum atomic E-state index is -0.151. The summed E-state index contributed by atoms with van der Waals surface area (Å²) >= 11 is 0. The van der Waals surface area contributed by atoms with E-state index in [4.69, 9.17) is 14.6 Å². The van der Waals surface area contributed by atoms with E-state index in [1.54, 1.807) is 26.2 Å². The van der Waals surface area contributed by atoms with E-state index in [1.807, 2.05) is 29.2 Å². The maximum absolute atomic E-state index is 13.8. The number of hydrazone groups is 1. The van der Waals surface area contributed by atoms with E-state index in [1.165, 1.54) is 5.57 Å². The lowest BCUT2D eigenvalue weighted by molar-refractivity contribution is -0.136. The Bertz CT molecular complexity index is 1210. The molecule has 200 valence electrons. The van der Waals surface area contributed by atoms with Crippen LogP contribution in [0.2, 0.25) is 0 Å². The first-order valence-corrected chi connectivity index (χ1v) is 13.3. The lowest BCUT2D eigenvalue weighted by Crippen LogP contribution is -2.50. The molecule has 3 aliphatic rings. The number of benzene rings is 2. The van der Waals surface area contributed by atoms with Crippen LogP contribution in [0.15, 0.2) is 59.2 Å². The van der Waals surface area contributed by atoms with E-state index in [0.29, 0.717) is 32.7 Å². The predicted octanol–water partition coefficient (Wildman–Crippen LogP) is 3.99. The largest absolute Gasteiger partial charge is 0.497 e. The van der Waals surface area contributed by atoms with Crippen molar-refractivity contribution in [3.05, 3.63) is 65.2 Å². The Morgan fingerprint density at radius 1 is 0.947 bits per heavy atom. The van der Waals surface area contributed by atoms with Gasteiger partial charge in [-0.15, -0.1) is 0 Å². The maximum Gasteiger partial charge on any atom is 0.257 e. The number of allylic oxidation sites excluding steroid dienone is 1. The van der Waals surface area contributed by atoms with E-state index in [2.05, 4.69) is 35.2 Å². The van der Waals surface area contributed by atoms with Crippen LogP contribution in [-0.2, 0) is 9.59 Å². The minimum Gasteiger partial charge on any atom is -0.497 e. The Hall–Kier alpha value is -3.65. The van der Waals surface area contributed by atoms with Crippen molar-refractivity contribution in [1.82, 2.24) is 14.8 Å². The van der Waals surface area contributed by atoms with Crippen molar-refractivity contribution in [3.8, 4) is 11.5 Å². The number of carbonyl (C=O) groups excluding carboxylic acids is 2. The van der Waals surface area contributed by atoms with Gasteiger partial charge in [0.2, 0.25) is 5.91 Å². The van der Waals surface area contributed by atoms with Crippen molar-refractivity contribution in [3.63, 3.8) is 0 Å². The molecule has 0 radical (unpaired) electrons. The van der Waals surface area contributed by atoms with Crippen LogP contribution in [0.25, 0.3) is 6.08 Å². The molecule has 2 amide bonds. The Kier molecular flexibility index (Phi) is 7.79. The first kappa shape index (κ1) is 26.0. The Labute approximate surface area is 224 Å². The van der Waals surface area contributed by atoms with Crippen molar-refractivity contribution in [1.29, 1.82) is 0 Å². The maximum atomic E-state index is 13.8. The lowest BCUT2D eigenvalue weighted by atomic mass is 9.77. The minimum absolute atomic E-state index is 0.00668. The molecule has 2 heterocycles. The van der Waals surface area contributed by atoms with Gasteiger partial charge in [0.05, 0.1) is 32.5 Å². The third-order valence-corrected chi connectivity index (χ3v) is 7.85. The molecule has 5 rings (SSSR count). The number of fused-ring (bicyclic) bond motifs is 1. The number of ether oxygens (including phenoxy) is 2. The number of hydrogen-bond acceptors (Lipinski definition) is 6. The van der Waals surface area contributed by atoms with Crippen LogP contribution in [0.3, 0.4) is 0 Å². The monoisotopic (exact) mass is 516 g/mol. The number of nitrogens with zero attached hydrogens (tertiary/aromatic N) is 4. The fraction of sp³-hybridized carbons (Fsp3) is 0.433. The molecule has 8 heteroatoms. The number of hydrogen-bond donors (Lipinski definition) is 0. The highest BCUT2D eigenvalue weighted by Gasteiger charge is 2.44. The molecular formula is C30H36N4O4. The van der Waals surface area contributed by atoms with Gasteiger partial charge in [0, 0.05) is 39.0 Å². The molecule has 2 atom stereocenters. The van der Waals surface area contributed by atoms with Crippen LogP contribution in [-0.4, -0.2) is 79.3 Å². The summed E-state index contributed by atoms with van der Waals surface area (Å²) in [5.74, 6) is 1.83. The van der Waals surface area contributed by atoms with E-state index in [-0.39, 0.29) is 23.8 Å². The zero-order valence-electron chi connectivity index (χ0n) is 22.4. The Morgan fingerprint density at radius 2 is 1.58 bits per heavy atom. The van der Waals surface area contributed by atoms with Gasteiger partial charge in [-0.25, -0.2) is 5.01 Å². The summed E-state index contributed by atoms with van der Waals surface area (Å²) in [6.45, 7) is 4.57. The smallest absolute Gasteiger partial charge is 0.257 e. The summed E-state index contributed by atoms with van der Waals surface area (Å²) in [6, 6.07) is 15.9. The van der Waals surface area contributed by atoms with Crippen LogP contribution < -0.4 is 9.47 Å². The molecular weight excluding hydrogens is 480 g/mol. The fourth-order valence-electron chi connectivity index (χ4n) is 5.73. The third kappa shape index (κ3) is 5.45. The zero-order chi connectivity index (χ0) is 26.6. The van der Waals surface area contributed by atoms with Crippen molar-refractivity contribution in [2.24, 2.45) is 11.0 Å². The van der Waals surface area contributed by atoms with Crippen molar-refractivity contribution in [2.75, 3.05) is 46.9 Å². The molecule has 0 aromatic heterocycles. The molecule has 0 unspecified atom stereocenters. The Balaban J connectivity index is 1.42. The predicted molar refractivity (Wildman–Crippen MR) is 147 cm³/mol. The average molecular weight is 517 g/mol. The van der Waals surface area contributed by atoms with Gasteiger partial charge in [0.1, 0.15) is 11.5 Å². The van der Waals surface area contributed by atoms with Crippen molar-refractivity contribution >= 4 is 23.6 Å². The molecule has 1 saturated carbocycles. The second kappa shape index (κ2) is 11.4. The highest BCUT2D eigenvalue weighted by atomic mass is 16.5. The highest BCUT2D eigenvalue weighted by Crippen LogP contribution is 2.44. The molecule has 0 bridgehead atoms. The summed E-state index contributed by atoms with van der Waals surface area (Å²) in [4.78, 5) is 29.4. The molecule has 1 aliphatic carbocycles. The van der Waals surface area contributed by atoms with Crippen LogP contribution in [0, 0.1) is 5.92 Å². The zero-order valence-corrected chi connectivity index (χ0v) is 22.4. The Morgan fingerprint density at radius 3 is 2.18 bits per heavy atom. The van der Waals surface area contributed by atoms with E-state index < -0.39 is 0 Å². The second-order valence-electron chi connectivity index (χ2n) is 10.2. The van der Waals surface area contributed by atoms with E-state index in [0.717, 1.165) is 47.6 Å². The molecule has 2 fully saturated rings. The number of carbonyl (C=O) groups is 2. The fourth-order valence-corrected chi connectivity index (χ4v) is 5.73. The second-order valence-corrected chi connectivity index (χ2v) is 10.2. The lowest BCUT2D eigenvalue weighted by Gasteiger charge is -2.35. The summed E-state index contributed by atoms with van der Waals surface area (Å²) in [6.07, 6.45) is 5.17. The number of piperazine rings is 1.